The summed E-state index contributed by atoms with van der Waals surface area (Å²) < 4.78 is 13.3. The first-order valence-electron chi connectivity index (χ1n) is 4.63. The van der Waals surface area contributed by atoms with Crippen LogP contribution in [0.5, 0.6) is 0 Å². The van der Waals surface area contributed by atoms with Gasteiger partial charge in [0.25, 0.3) is 0 Å². The topological polar surface area (TPSA) is 12.9 Å². The summed E-state index contributed by atoms with van der Waals surface area (Å²) in [6, 6.07) is 12.5. The molecule has 0 aliphatic carbocycles. The van der Waals surface area contributed by atoms with E-state index in [0.29, 0.717) is 10.6 Å². The fraction of sp³-hybridized carbons (Fsp3) is 0.0833. The zero-order valence-electron chi connectivity index (χ0n) is 8.06. The van der Waals surface area contributed by atoms with Crippen LogP contribution >= 0.6 is 11.8 Å². The van der Waals surface area contributed by atoms with Crippen LogP contribution in [0.2, 0.25) is 0 Å². The molecule has 0 aliphatic heterocycles. The largest absolute Gasteiger partial charge is 0.260 e. The minimum absolute atomic E-state index is 0.168. The first-order chi connectivity index (χ1) is 7.36. The number of aromatic nitrogens is 1. The SMILES string of the molecule is Fc1ccccc1SCc1ccccn1. The third kappa shape index (κ3) is 2.80. The van der Waals surface area contributed by atoms with Crippen molar-refractivity contribution in [2.75, 3.05) is 0 Å². The van der Waals surface area contributed by atoms with E-state index in [9.17, 15) is 4.39 Å². The van der Waals surface area contributed by atoms with E-state index in [1.807, 2.05) is 24.3 Å². The summed E-state index contributed by atoms with van der Waals surface area (Å²) in [7, 11) is 0. The maximum atomic E-state index is 13.3. The zero-order chi connectivity index (χ0) is 10.5. The summed E-state index contributed by atoms with van der Waals surface area (Å²) in [5.41, 5.74) is 0.964. The standard InChI is InChI=1S/C12H10FNS/c13-11-6-1-2-7-12(11)15-9-10-5-3-4-8-14-10/h1-8H,9H2. The summed E-state index contributed by atoms with van der Waals surface area (Å²) in [4.78, 5) is 4.85. The van der Waals surface area contributed by atoms with Gasteiger partial charge in [-0.15, -0.1) is 11.8 Å². The third-order valence-electron chi connectivity index (χ3n) is 1.94. The van der Waals surface area contributed by atoms with E-state index < -0.39 is 0 Å². The summed E-state index contributed by atoms with van der Waals surface area (Å²) in [5.74, 6) is 0.528. The molecule has 0 atom stereocenters. The molecule has 2 aromatic rings. The molecule has 3 heteroatoms. The monoisotopic (exact) mass is 219 g/mol. The van der Waals surface area contributed by atoms with Crippen molar-refractivity contribution in [1.29, 1.82) is 0 Å². The van der Waals surface area contributed by atoms with Crippen LogP contribution in [0.3, 0.4) is 0 Å². The Labute approximate surface area is 92.4 Å². The molecule has 1 heterocycles. The Hall–Kier alpha value is -1.35. The third-order valence-corrected chi connectivity index (χ3v) is 3.02. The van der Waals surface area contributed by atoms with Gasteiger partial charge in [0.05, 0.1) is 5.69 Å². The number of halogens is 1. The Kier molecular flexibility index (Phi) is 3.35. The molecule has 0 saturated heterocycles. The lowest BCUT2D eigenvalue weighted by atomic mass is 10.3. The van der Waals surface area contributed by atoms with Gasteiger partial charge in [-0.25, -0.2) is 4.39 Å². The fourth-order valence-electron chi connectivity index (χ4n) is 1.20. The van der Waals surface area contributed by atoms with Crippen molar-refractivity contribution in [3.8, 4) is 0 Å². The van der Waals surface area contributed by atoms with Crippen LogP contribution in [0.1, 0.15) is 5.69 Å². The highest BCUT2D eigenvalue weighted by Gasteiger charge is 2.01. The van der Waals surface area contributed by atoms with Crippen LogP contribution in [0.15, 0.2) is 53.6 Å². The van der Waals surface area contributed by atoms with E-state index in [4.69, 9.17) is 0 Å². The summed E-state index contributed by atoms with van der Waals surface area (Å²) in [6.07, 6.45) is 1.75. The van der Waals surface area contributed by atoms with Gasteiger partial charge in [0.2, 0.25) is 0 Å². The van der Waals surface area contributed by atoms with E-state index in [1.165, 1.54) is 17.8 Å². The summed E-state index contributed by atoms with van der Waals surface area (Å²) >= 11 is 1.46. The van der Waals surface area contributed by atoms with Gasteiger partial charge in [-0.05, 0) is 24.3 Å². The number of hydrogen-bond acceptors (Lipinski definition) is 2. The van der Waals surface area contributed by atoms with Gasteiger partial charge in [-0.1, -0.05) is 18.2 Å². The van der Waals surface area contributed by atoms with Gasteiger partial charge in [0.1, 0.15) is 5.82 Å². The quantitative estimate of drug-likeness (QED) is 0.733. The van der Waals surface area contributed by atoms with E-state index >= 15 is 0 Å². The molecular weight excluding hydrogens is 209 g/mol. The first-order valence-corrected chi connectivity index (χ1v) is 5.62. The summed E-state index contributed by atoms with van der Waals surface area (Å²) in [6.45, 7) is 0. The lowest BCUT2D eigenvalue weighted by Crippen LogP contribution is -1.86. The number of hydrogen-bond donors (Lipinski definition) is 0. The predicted octanol–water partition coefficient (Wildman–Crippen LogP) is 3.51. The van der Waals surface area contributed by atoms with Crippen molar-refractivity contribution in [1.82, 2.24) is 4.98 Å². The molecule has 0 unspecified atom stereocenters. The molecule has 0 spiro atoms. The van der Waals surface area contributed by atoms with Gasteiger partial charge in [0.15, 0.2) is 0 Å². The highest BCUT2D eigenvalue weighted by Crippen LogP contribution is 2.24. The average molecular weight is 219 g/mol. The Bertz CT molecular complexity index is 431. The van der Waals surface area contributed by atoms with Crippen LogP contribution in [0.25, 0.3) is 0 Å². The highest BCUT2D eigenvalue weighted by molar-refractivity contribution is 7.98. The van der Waals surface area contributed by atoms with Gasteiger partial charge in [0, 0.05) is 16.8 Å². The van der Waals surface area contributed by atoms with Crippen molar-refractivity contribution < 1.29 is 4.39 Å². The predicted molar refractivity (Wildman–Crippen MR) is 60.2 cm³/mol. The molecule has 1 nitrogen and oxygen atoms in total. The highest BCUT2D eigenvalue weighted by atomic mass is 32.2. The molecule has 0 N–H and O–H groups in total. The Morgan fingerprint density at radius 3 is 2.60 bits per heavy atom. The van der Waals surface area contributed by atoms with Crippen LogP contribution in [0, 0.1) is 5.82 Å². The van der Waals surface area contributed by atoms with Crippen LogP contribution in [-0.4, -0.2) is 4.98 Å². The smallest absolute Gasteiger partial charge is 0.136 e. The van der Waals surface area contributed by atoms with E-state index in [2.05, 4.69) is 4.98 Å². The van der Waals surface area contributed by atoms with Crippen molar-refractivity contribution in [2.45, 2.75) is 10.6 Å². The average Bonchev–Trinajstić information content (AvgIpc) is 2.29. The second-order valence-electron chi connectivity index (χ2n) is 3.04. The maximum absolute atomic E-state index is 13.3. The molecule has 0 fully saturated rings. The molecule has 0 saturated carbocycles. The second kappa shape index (κ2) is 4.94. The normalized spacial score (nSPS) is 10.2. The van der Waals surface area contributed by atoms with Crippen molar-refractivity contribution in [3.05, 3.63) is 60.2 Å². The zero-order valence-corrected chi connectivity index (χ0v) is 8.88. The molecule has 1 aromatic carbocycles. The Morgan fingerprint density at radius 2 is 1.87 bits per heavy atom. The molecule has 1 aromatic heterocycles. The molecule has 0 amide bonds. The lowest BCUT2D eigenvalue weighted by molar-refractivity contribution is 0.602. The summed E-state index contributed by atoms with van der Waals surface area (Å²) in [5, 5.41) is 0. The molecule has 76 valence electrons. The van der Waals surface area contributed by atoms with Gasteiger partial charge in [-0.2, -0.15) is 0 Å². The fourth-order valence-corrected chi connectivity index (χ4v) is 2.05. The molecular formula is C12H10FNS. The van der Waals surface area contributed by atoms with Crippen LogP contribution in [-0.2, 0) is 5.75 Å². The minimum atomic E-state index is -0.168. The van der Waals surface area contributed by atoms with Crippen molar-refractivity contribution >= 4 is 11.8 Å². The minimum Gasteiger partial charge on any atom is -0.260 e. The van der Waals surface area contributed by atoms with Crippen LogP contribution in [0.4, 0.5) is 4.39 Å². The van der Waals surface area contributed by atoms with Gasteiger partial charge in [-0.3, -0.25) is 4.98 Å². The Balaban J connectivity index is 2.03. The van der Waals surface area contributed by atoms with Gasteiger partial charge < -0.3 is 0 Å². The molecule has 0 bridgehead atoms. The van der Waals surface area contributed by atoms with E-state index in [0.717, 1.165) is 5.69 Å². The maximum Gasteiger partial charge on any atom is 0.136 e. The molecule has 0 aliphatic rings. The first kappa shape index (κ1) is 10.2. The van der Waals surface area contributed by atoms with E-state index in [-0.39, 0.29) is 5.82 Å². The van der Waals surface area contributed by atoms with Gasteiger partial charge >= 0.3 is 0 Å². The number of benzene rings is 1. The number of thioether (sulfide) groups is 1. The molecule has 0 radical (unpaired) electrons. The van der Waals surface area contributed by atoms with E-state index in [1.54, 1.807) is 18.3 Å². The lowest BCUT2D eigenvalue weighted by Gasteiger charge is -2.01. The number of pyridine rings is 1. The van der Waals surface area contributed by atoms with Crippen LogP contribution < -0.4 is 0 Å². The molecule has 2 rings (SSSR count). The van der Waals surface area contributed by atoms with Crippen molar-refractivity contribution in [3.63, 3.8) is 0 Å². The Morgan fingerprint density at radius 1 is 1.07 bits per heavy atom. The number of nitrogens with zero attached hydrogens (tertiary/aromatic N) is 1. The molecule has 15 heavy (non-hydrogen) atoms. The number of rotatable bonds is 3. The second-order valence-corrected chi connectivity index (χ2v) is 4.06. The van der Waals surface area contributed by atoms with Crippen molar-refractivity contribution in [2.24, 2.45) is 0 Å².